The van der Waals surface area contributed by atoms with Crippen LogP contribution in [0.4, 0.5) is 0 Å². The summed E-state index contributed by atoms with van der Waals surface area (Å²) in [6.45, 7) is 0. The van der Waals surface area contributed by atoms with Gasteiger partial charge in [-0.1, -0.05) is 53.5 Å². The van der Waals surface area contributed by atoms with Crippen molar-refractivity contribution in [3.05, 3.63) is 46.5 Å². The lowest BCUT2D eigenvalue weighted by Crippen LogP contribution is -2.01. The van der Waals surface area contributed by atoms with E-state index in [1.165, 1.54) is 12.1 Å². The molecule has 2 rings (SSSR count). The van der Waals surface area contributed by atoms with E-state index in [0.29, 0.717) is 5.39 Å². The average Bonchev–Trinajstić information content (AvgIpc) is 2.27. The van der Waals surface area contributed by atoms with E-state index in [0.717, 1.165) is 5.39 Å². The number of rotatable bonds is 2. The molecule has 0 spiro atoms. The Morgan fingerprint density at radius 3 is 2.39 bits per heavy atom. The Bertz CT molecular complexity index is 732. The molecule has 1 N–H and O–H groups in total. The second kappa shape index (κ2) is 4.90. The zero-order valence-electron chi connectivity index (χ0n) is 8.97. The molecule has 0 aliphatic heterocycles. The third-order valence-electron chi connectivity index (χ3n) is 2.46. The fourth-order valence-corrected chi connectivity index (χ4v) is 2.66. The normalized spacial score (nSPS) is 11.5. The van der Waals surface area contributed by atoms with Crippen LogP contribution in [-0.4, -0.2) is 13.0 Å². The number of hydrogen-bond acceptors (Lipinski definition) is 2. The molecule has 0 aliphatic carbocycles. The van der Waals surface area contributed by atoms with Gasteiger partial charge in [0.25, 0.3) is 10.1 Å². The molecule has 3 nitrogen and oxygen atoms in total. The highest BCUT2D eigenvalue weighted by Crippen LogP contribution is 2.29. The quantitative estimate of drug-likeness (QED) is 0.857. The summed E-state index contributed by atoms with van der Waals surface area (Å²) in [5.74, 6) is 0. The first-order valence-corrected chi connectivity index (χ1v) is 7.11. The van der Waals surface area contributed by atoms with Crippen LogP contribution in [0.2, 0.25) is 0 Å². The molecule has 0 aliphatic rings. The van der Waals surface area contributed by atoms with Gasteiger partial charge in [-0.25, -0.2) is 0 Å². The Kier molecular flexibility index (Phi) is 3.64. The van der Waals surface area contributed by atoms with Crippen molar-refractivity contribution in [3.8, 4) is 0 Å². The van der Waals surface area contributed by atoms with E-state index in [1.807, 2.05) is 12.1 Å². The van der Waals surface area contributed by atoms with Gasteiger partial charge in [0.2, 0.25) is 0 Å². The molecular formula is C12H8Cl2O3S. The molecule has 0 radical (unpaired) electrons. The van der Waals surface area contributed by atoms with E-state index in [2.05, 4.69) is 0 Å². The molecule has 0 saturated heterocycles. The molecule has 94 valence electrons. The van der Waals surface area contributed by atoms with Gasteiger partial charge in [-0.05, 0) is 22.9 Å². The largest absolute Gasteiger partial charge is 0.295 e. The molecule has 0 aromatic heterocycles. The molecule has 0 heterocycles. The van der Waals surface area contributed by atoms with Gasteiger partial charge in [0.05, 0.1) is 0 Å². The van der Waals surface area contributed by atoms with Crippen LogP contribution in [0, 0.1) is 0 Å². The molecule has 2 aromatic rings. The molecule has 0 amide bonds. The second-order valence-electron chi connectivity index (χ2n) is 3.61. The molecular weight excluding hydrogens is 295 g/mol. The SMILES string of the molecule is O=S(=O)(O)c1ccc2ccccc2c1C=C(Cl)Cl. The van der Waals surface area contributed by atoms with E-state index in [-0.39, 0.29) is 15.0 Å². The Morgan fingerprint density at radius 2 is 1.78 bits per heavy atom. The first kappa shape index (κ1) is 13.4. The van der Waals surface area contributed by atoms with Gasteiger partial charge >= 0.3 is 0 Å². The second-order valence-corrected chi connectivity index (χ2v) is 6.01. The monoisotopic (exact) mass is 302 g/mol. The Labute approximate surface area is 114 Å². The third kappa shape index (κ3) is 2.67. The van der Waals surface area contributed by atoms with Crippen LogP contribution in [0.5, 0.6) is 0 Å². The summed E-state index contributed by atoms with van der Waals surface area (Å²) in [5.41, 5.74) is 0.274. The maximum atomic E-state index is 11.3. The van der Waals surface area contributed by atoms with Crippen LogP contribution >= 0.6 is 23.2 Å². The van der Waals surface area contributed by atoms with Crippen molar-refractivity contribution in [2.24, 2.45) is 0 Å². The van der Waals surface area contributed by atoms with Gasteiger partial charge in [0.15, 0.2) is 0 Å². The smallest absolute Gasteiger partial charge is 0.282 e. The predicted molar refractivity (Wildman–Crippen MR) is 73.4 cm³/mol. The van der Waals surface area contributed by atoms with Crippen LogP contribution in [0.3, 0.4) is 0 Å². The van der Waals surface area contributed by atoms with Crippen molar-refractivity contribution >= 4 is 50.2 Å². The Hall–Kier alpha value is -1.07. The van der Waals surface area contributed by atoms with E-state index >= 15 is 0 Å². The molecule has 0 saturated carbocycles. The maximum Gasteiger partial charge on any atom is 0.295 e. The maximum absolute atomic E-state index is 11.3. The Balaban J connectivity index is 2.93. The van der Waals surface area contributed by atoms with E-state index in [9.17, 15) is 13.0 Å². The van der Waals surface area contributed by atoms with Gasteiger partial charge in [0.1, 0.15) is 9.39 Å². The molecule has 0 fully saturated rings. The van der Waals surface area contributed by atoms with Gasteiger partial charge in [0, 0.05) is 5.56 Å². The molecule has 0 unspecified atom stereocenters. The number of benzene rings is 2. The van der Waals surface area contributed by atoms with Gasteiger partial charge in [-0.3, -0.25) is 4.55 Å². The molecule has 6 heteroatoms. The molecule has 0 atom stereocenters. The zero-order chi connectivity index (χ0) is 13.3. The van der Waals surface area contributed by atoms with E-state index < -0.39 is 10.1 Å². The molecule has 2 aromatic carbocycles. The summed E-state index contributed by atoms with van der Waals surface area (Å²) in [6, 6.07) is 10.1. The first-order valence-electron chi connectivity index (χ1n) is 4.91. The van der Waals surface area contributed by atoms with Crippen molar-refractivity contribution in [2.75, 3.05) is 0 Å². The van der Waals surface area contributed by atoms with Crippen molar-refractivity contribution in [1.82, 2.24) is 0 Å². The number of halogens is 2. The minimum absolute atomic E-state index is 0.0868. The molecule has 0 bridgehead atoms. The summed E-state index contributed by atoms with van der Waals surface area (Å²) < 4.78 is 31.8. The average molecular weight is 303 g/mol. The van der Waals surface area contributed by atoms with Crippen molar-refractivity contribution in [1.29, 1.82) is 0 Å². The lowest BCUT2D eigenvalue weighted by molar-refractivity contribution is 0.483. The number of hydrogen-bond donors (Lipinski definition) is 1. The minimum atomic E-state index is -4.33. The minimum Gasteiger partial charge on any atom is -0.282 e. The van der Waals surface area contributed by atoms with Crippen molar-refractivity contribution in [3.63, 3.8) is 0 Å². The first-order chi connectivity index (χ1) is 8.39. The summed E-state index contributed by atoms with van der Waals surface area (Å²) in [7, 11) is -4.33. The summed E-state index contributed by atoms with van der Waals surface area (Å²) >= 11 is 11.2. The standard InChI is InChI=1S/C12H8Cl2O3S/c13-12(14)7-10-9-4-2-1-3-8(9)5-6-11(10)18(15,16)17/h1-7H,(H,15,16,17). The predicted octanol–water partition coefficient (Wildman–Crippen LogP) is 3.86. The highest BCUT2D eigenvalue weighted by molar-refractivity contribution is 7.86. The fraction of sp³-hybridized carbons (Fsp3) is 0. The zero-order valence-corrected chi connectivity index (χ0v) is 11.3. The van der Waals surface area contributed by atoms with E-state index in [1.54, 1.807) is 18.2 Å². The van der Waals surface area contributed by atoms with Crippen LogP contribution in [0.1, 0.15) is 5.56 Å². The van der Waals surface area contributed by atoms with E-state index in [4.69, 9.17) is 23.2 Å². The van der Waals surface area contributed by atoms with Gasteiger partial charge < -0.3 is 0 Å². The summed E-state index contributed by atoms with van der Waals surface area (Å²) in [5, 5.41) is 1.47. The van der Waals surface area contributed by atoms with Crippen molar-refractivity contribution < 1.29 is 13.0 Å². The lowest BCUT2D eigenvalue weighted by atomic mass is 10.0. The summed E-state index contributed by atoms with van der Waals surface area (Å²) in [6.07, 6.45) is 1.30. The van der Waals surface area contributed by atoms with Crippen molar-refractivity contribution in [2.45, 2.75) is 4.90 Å². The van der Waals surface area contributed by atoms with Gasteiger partial charge in [-0.15, -0.1) is 0 Å². The fourth-order valence-electron chi connectivity index (χ4n) is 1.76. The van der Waals surface area contributed by atoms with Crippen LogP contribution in [0.25, 0.3) is 16.8 Å². The third-order valence-corrected chi connectivity index (χ3v) is 3.59. The molecule has 18 heavy (non-hydrogen) atoms. The van der Waals surface area contributed by atoms with Crippen LogP contribution in [-0.2, 0) is 10.1 Å². The highest BCUT2D eigenvalue weighted by Gasteiger charge is 2.16. The number of fused-ring (bicyclic) bond motifs is 1. The van der Waals surface area contributed by atoms with Crippen LogP contribution in [0.15, 0.2) is 45.8 Å². The Morgan fingerprint density at radius 1 is 1.11 bits per heavy atom. The van der Waals surface area contributed by atoms with Gasteiger partial charge in [-0.2, -0.15) is 8.42 Å². The van der Waals surface area contributed by atoms with Crippen LogP contribution < -0.4 is 0 Å². The summed E-state index contributed by atoms with van der Waals surface area (Å²) in [4.78, 5) is -0.222. The highest BCUT2D eigenvalue weighted by atomic mass is 35.5. The lowest BCUT2D eigenvalue weighted by Gasteiger charge is -2.07. The topological polar surface area (TPSA) is 54.4 Å².